The molecule has 6 nitrogen and oxygen atoms in total. The summed E-state index contributed by atoms with van der Waals surface area (Å²) in [4.78, 5) is 3.85. The van der Waals surface area contributed by atoms with Gasteiger partial charge in [0.15, 0.2) is 9.84 Å². The first-order valence-electron chi connectivity index (χ1n) is 8.04. The number of aryl methyl sites for hydroxylation is 1. The average Bonchev–Trinajstić information content (AvgIpc) is 2.58. The number of hydrogen-bond donors (Lipinski definition) is 1. The van der Waals surface area contributed by atoms with E-state index in [2.05, 4.69) is 9.71 Å². The molecule has 0 bridgehead atoms. The van der Waals surface area contributed by atoms with E-state index in [1.165, 1.54) is 31.5 Å². The van der Waals surface area contributed by atoms with Crippen LogP contribution in [0.1, 0.15) is 29.7 Å². The number of nitrogens with one attached hydrogen (secondary N) is 1. The highest BCUT2D eigenvalue weighted by molar-refractivity contribution is 7.92. The average molecular weight is 400 g/mol. The van der Waals surface area contributed by atoms with Crippen molar-refractivity contribution in [2.75, 3.05) is 12.3 Å². The lowest BCUT2D eigenvalue weighted by Crippen LogP contribution is -2.33. The van der Waals surface area contributed by atoms with Crippen LogP contribution in [0.4, 0.5) is 4.39 Å². The Balaban J connectivity index is 2.44. The van der Waals surface area contributed by atoms with Crippen molar-refractivity contribution < 1.29 is 21.2 Å². The van der Waals surface area contributed by atoms with Crippen molar-refractivity contribution in [1.29, 1.82) is 0 Å². The fourth-order valence-corrected chi connectivity index (χ4v) is 5.41. The maximum atomic E-state index is 13.5. The van der Waals surface area contributed by atoms with Crippen molar-refractivity contribution in [2.24, 2.45) is 0 Å². The predicted molar refractivity (Wildman–Crippen MR) is 97.4 cm³/mol. The summed E-state index contributed by atoms with van der Waals surface area (Å²) in [7, 11) is -7.55. The summed E-state index contributed by atoms with van der Waals surface area (Å²) in [5, 5.41) is -1.17. The molecule has 0 unspecified atom stereocenters. The van der Waals surface area contributed by atoms with Gasteiger partial charge < -0.3 is 0 Å². The maximum absolute atomic E-state index is 13.5. The van der Waals surface area contributed by atoms with Gasteiger partial charge >= 0.3 is 0 Å². The quantitative estimate of drug-likeness (QED) is 0.687. The van der Waals surface area contributed by atoms with Gasteiger partial charge in [-0.2, -0.15) is 0 Å². The molecule has 142 valence electrons. The van der Waals surface area contributed by atoms with E-state index < -0.39 is 30.9 Å². The van der Waals surface area contributed by atoms with E-state index in [9.17, 15) is 21.2 Å². The van der Waals surface area contributed by atoms with Crippen LogP contribution in [0.15, 0.2) is 47.6 Å². The smallest absolute Gasteiger partial charge is 0.211 e. The SMILES string of the molecule is CCCS(=O)(=O)NC[C@H](c1cccnc1)S(=O)(=O)c1ccc(F)c(C)c1. The van der Waals surface area contributed by atoms with Crippen molar-refractivity contribution in [3.8, 4) is 0 Å². The molecule has 26 heavy (non-hydrogen) atoms. The molecule has 9 heteroatoms. The summed E-state index contributed by atoms with van der Waals surface area (Å²) in [5.41, 5.74) is 0.552. The Hall–Kier alpha value is -1.84. The van der Waals surface area contributed by atoms with Gasteiger partial charge in [0.2, 0.25) is 10.0 Å². The number of aromatic nitrogens is 1. The third-order valence-electron chi connectivity index (χ3n) is 3.85. The molecule has 0 spiro atoms. The number of sulfonamides is 1. The number of halogens is 1. The first-order chi connectivity index (χ1) is 12.2. The van der Waals surface area contributed by atoms with E-state index in [0.717, 1.165) is 6.07 Å². The number of benzene rings is 1. The van der Waals surface area contributed by atoms with Gasteiger partial charge in [0.25, 0.3) is 0 Å². The van der Waals surface area contributed by atoms with E-state index in [-0.39, 0.29) is 22.8 Å². The van der Waals surface area contributed by atoms with E-state index in [1.54, 1.807) is 19.1 Å². The molecular formula is C17H21FN2O4S2. The van der Waals surface area contributed by atoms with Gasteiger partial charge in [-0.15, -0.1) is 0 Å². The standard InChI is InChI=1S/C17H21FN2O4S2/c1-3-9-25(21,22)20-12-17(14-5-4-8-19-11-14)26(23,24)15-6-7-16(18)13(2)10-15/h4-8,10-11,17,20H,3,9,12H2,1-2H3/t17-/m1/s1. The van der Waals surface area contributed by atoms with E-state index >= 15 is 0 Å². The Morgan fingerprint density at radius 1 is 1.19 bits per heavy atom. The third kappa shape index (κ3) is 4.87. The van der Waals surface area contributed by atoms with Crippen LogP contribution >= 0.6 is 0 Å². The molecule has 2 aromatic rings. The molecule has 1 aromatic heterocycles. The van der Waals surface area contributed by atoms with Gasteiger partial charge in [-0.3, -0.25) is 4.98 Å². The normalized spacial score (nSPS) is 13.5. The summed E-state index contributed by atoms with van der Waals surface area (Å²) < 4.78 is 65.9. The van der Waals surface area contributed by atoms with E-state index in [4.69, 9.17) is 0 Å². The molecule has 0 saturated heterocycles. The van der Waals surface area contributed by atoms with Crippen molar-refractivity contribution in [2.45, 2.75) is 30.4 Å². The molecule has 0 fully saturated rings. The number of hydrogen-bond acceptors (Lipinski definition) is 5. The van der Waals surface area contributed by atoms with Gasteiger partial charge in [-0.1, -0.05) is 13.0 Å². The fraction of sp³-hybridized carbons (Fsp3) is 0.353. The highest BCUT2D eigenvalue weighted by Gasteiger charge is 2.31. The second kappa shape index (κ2) is 8.24. The first kappa shape index (κ1) is 20.5. The summed E-state index contributed by atoms with van der Waals surface area (Å²) in [6, 6.07) is 6.66. The molecule has 1 heterocycles. The lowest BCUT2D eigenvalue weighted by atomic mass is 10.2. The Morgan fingerprint density at radius 2 is 1.92 bits per heavy atom. The second-order valence-electron chi connectivity index (χ2n) is 5.90. The zero-order chi connectivity index (χ0) is 19.4. The molecule has 1 atom stereocenters. The summed E-state index contributed by atoms with van der Waals surface area (Å²) in [6.07, 6.45) is 3.29. The molecule has 2 rings (SSSR count). The molecule has 0 saturated carbocycles. The zero-order valence-corrected chi connectivity index (χ0v) is 16.1. The van der Waals surface area contributed by atoms with E-state index in [1.807, 2.05) is 0 Å². The topological polar surface area (TPSA) is 93.2 Å². The molecule has 0 amide bonds. The van der Waals surface area contributed by atoms with Crippen LogP contribution in [0.2, 0.25) is 0 Å². The molecule has 1 N–H and O–H groups in total. The number of sulfone groups is 1. The monoisotopic (exact) mass is 400 g/mol. The maximum Gasteiger partial charge on any atom is 0.211 e. The largest absolute Gasteiger partial charge is 0.264 e. The van der Waals surface area contributed by atoms with Crippen LogP contribution in [0.5, 0.6) is 0 Å². The molecule has 0 aliphatic heterocycles. The number of rotatable bonds is 8. The van der Waals surface area contributed by atoms with Gasteiger partial charge in [0.05, 0.1) is 10.6 Å². The van der Waals surface area contributed by atoms with Gasteiger partial charge in [0.1, 0.15) is 11.1 Å². The zero-order valence-electron chi connectivity index (χ0n) is 14.5. The highest BCUT2D eigenvalue weighted by Crippen LogP contribution is 2.29. The predicted octanol–water partition coefficient (Wildman–Crippen LogP) is 2.37. The Morgan fingerprint density at radius 3 is 2.50 bits per heavy atom. The van der Waals surface area contributed by atoms with Crippen molar-refractivity contribution in [3.63, 3.8) is 0 Å². The summed E-state index contributed by atoms with van der Waals surface area (Å²) >= 11 is 0. The highest BCUT2D eigenvalue weighted by atomic mass is 32.2. The third-order valence-corrected chi connectivity index (χ3v) is 7.50. The van der Waals surface area contributed by atoms with E-state index in [0.29, 0.717) is 12.0 Å². The van der Waals surface area contributed by atoms with Gasteiger partial charge in [0, 0.05) is 18.9 Å². The lowest BCUT2D eigenvalue weighted by molar-refractivity contribution is 0.567. The van der Waals surface area contributed by atoms with Crippen LogP contribution in [0.25, 0.3) is 0 Å². The minimum atomic E-state index is -3.96. The first-order valence-corrected chi connectivity index (χ1v) is 11.2. The number of pyridine rings is 1. The Labute approximate surface area is 153 Å². The van der Waals surface area contributed by atoms with Crippen LogP contribution < -0.4 is 4.72 Å². The fourth-order valence-electron chi connectivity index (χ4n) is 2.48. The summed E-state index contributed by atoms with van der Waals surface area (Å²) in [6.45, 7) is 2.86. The van der Waals surface area contributed by atoms with Crippen molar-refractivity contribution >= 4 is 19.9 Å². The van der Waals surface area contributed by atoms with Gasteiger partial charge in [-0.25, -0.2) is 25.9 Å². The minimum absolute atomic E-state index is 0.0695. The van der Waals surface area contributed by atoms with Crippen LogP contribution in [0.3, 0.4) is 0 Å². The lowest BCUT2D eigenvalue weighted by Gasteiger charge is -2.19. The van der Waals surface area contributed by atoms with Crippen LogP contribution in [0, 0.1) is 12.7 Å². The molecule has 0 radical (unpaired) electrons. The van der Waals surface area contributed by atoms with Gasteiger partial charge in [-0.05, 0) is 48.7 Å². The van der Waals surface area contributed by atoms with Crippen molar-refractivity contribution in [1.82, 2.24) is 9.71 Å². The minimum Gasteiger partial charge on any atom is -0.264 e. The van der Waals surface area contributed by atoms with Crippen LogP contribution in [-0.2, 0) is 19.9 Å². The molecule has 0 aliphatic carbocycles. The molecule has 0 aliphatic rings. The summed E-state index contributed by atoms with van der Waals surface area (Å²) in [5.74, 6) is -0.604. The van der Waals surface area contributed by atoms with Crippen molar-refractivity contribution in [3.05, 3.63) is 59.7 Å². The second-order valence-corrected chi connectivity index (χ2v) is 9.96. The Kier molecular flexibility index (Phi) is 6.48. The van der Waals surface area contributed by atoms with Crippen LogP contribution in [-0.4, -0.2) is 34.1 Å². The number of nitrogens with zero attached hydrogens (tertiary/aromatic N) is 1. The Bertz CT molecular complexity index is 962. The molecule has 1 aromatic carbocycles. The molecular weight excluding hydrogens is 379 g/mol.